The summed E-state index contributed by atoms with van der Waals surface area (Å²) in [6.07, 6.45) is 1.92. The van der Waals surface area contributed by atoms with Crippen LogP contribution in [0.3, 0.4) is 0 Å². The van der Waals surface area contributed by atoms with E-state index in [1.165, 1.54) is 4.90 Å². The fraction of sp³-hybridized carbons (Fsp3) is 0.500. The highest BCUT2D eigenvalue weighted by molar-refractivity contribution is 5.94. The number of amides is 3. The molecule has 29 heavy (non-hydrogen) atoms. The van der Waals surface area contributed by atoms with E-state index in [2.05, 4.69) is 38.3 Å². The summed E-state index contributed by atoms with van der Waals surface area (Å²) in [5.74, 6) is 0.337. The van der Waals surface area contributed by atoms with Gasteiger partial charge in [-0.05, 0) is 25.5 Å². The summed E-state index contributed by atoms with van der Waals surface area (Å²) < 4.78 is 1.73. The number of anilines is 1. The zero-order valence-corrected chi connectivity index (χ0v) is 18.2. The molecule has 2 rings (SSSR count). The standard InChI is InChI=1S/C22H33N5O2/c1-6-8-14-23-21(29)26(7-2)16-20(28)24-19-15-18(22(3,4)5)25-27(19)17-12-10-9-11-13-17/h9-13,15H,6-8,14,16H2,1-5H3,(H,23,29)(H,24,28). The van der Waals surface area contributed by atoms with E-state index in [1.807, 2.05) is 43.3 Å². The molecule has 1 aromatic heterocycles. The lowest BCUT2D eigenvalue weighted by molar-refractivity contribution is -0.116. The number of rotatable bonds is 8. The molecular weight excluding hydrogens is 366 g/mol. The first-order chi connectivity index (χ1) is 13.8. The van der Waals surface area contributed by atoms with Crippen molar-refractivity contribution < 1.29 is 9.59 Å². The van der Waals surface area contributed by atoms with Crippen LogP contribution in [0.25, 0.3) is 5.69 Å². The summed E-state index contributed by atoms with van der Waals surface area (Å²) >= 11 is 0. The molecule has 7 nitrogen and oxygen atoms in total. The minimum absolute atomic E-state index is 0.0146. The Morgan fingerprint density at radius 3 is 2.41 bits per heavy atom. The summed E-state index contributed by atoms with van der Waals surface area (Å²) in [7, 11) is 0. The average molecular weight is 400 g/mol. The number of urea groups is 1. The predicted octanol–water partition coefficient (Wildman–Crippen LogP) is 3.94. The second-order valence-corrected chi connectivity index (χ2v) is 8.06. The summed E-state index contributed by atoms with van der Waals surface area (Å²) in [4.78, 5) is 26.5. The average Bonchev–Trinajstić information content (AvgIpc) is 3.11. The van der Waals surface area contributed by atoms with Crippen LogP contribution >= 0.6 is 0 Å². The van der Waals surface area contributed by atoms with Crippen LogP contribution in [-0.4, -0.2) is 46.3 Å². The Morgan fingerprint density at radius 1 is 1.14 bits per heavy atom. The monoisotopic (exact) mass is 399 g/mol. The SMILES string of the molecule is CCCCNC(=O)N(CC)CC(=O)Nc1cc(C(C)(C)C)nn1-c1ccccc1. The van der Waals surface area contributed by atoms with Crippen molar-refractivity contribution in [2.75, 3.05) is 25.0 Å². The number of hydrogen-bond donors (Lipinski definition) is 2. The van der Waals surface area contributed by atoms with Crippen molar-refractivity contribution in [2.24, 2.45) is 0 Å². The maximum atomic E-state index is 12.7. The van der Waals surface area contributed by atoms with E-state index in [4.69, 9.17) is 5.10 Å². The van der Waals surface area contributed by atoms with Crippen molar-refractivity contribution in [3.8, 4) is 5.69 Å². The highest BCUT2D eigenvalue weighted by Crippen LogP contribution is 2.26. The van der Waals surface area contributed by atoms with E-state index in [-0.39, 0.29) is 23.9 Å². The van der Waals surface area contributed by atoms with Gasteiger partial charge in [0.25, 0.3) is 0 Å². The molecular formula is C22H33N5O2. The molecule has 0 fully saturated rings. The minimum Gasteiger partial charge on any atom is -0.338 e. The van der Waals surface area contributed by atoms with Crippen LogP contribution in [0, 0.1) is 0 Å². The predicted molar refractivity (Wildman–Crippen MR) is 116 cm³/mol. The second-order valence-electron chi connectivity index (χ2n) is 8.06. The van der Waals surface area contributed by atoms with E-state index in [0.717, 1.165) is 24.2 Å². The number of aromatic nitrogens is 2. The lowest BCUT2D eigenvalue weighted by Gasteiger charge is -2.21. The van der Waals surface area contributed by atoms with Crippen LogP contribution in [0.1, 0.15) is 53.2 Å². The Bertz CT molecular complexity index is 808. The maximum absolute atomic E-state index is 12.7. The normalized spacial score (nSPS) is 11.2. The van der Waals surface area contributed by atoms with Crippen LogP contribution in [0.2, 0.25) is 0 Å². The van der Waals surface area contributed by atoms with E-state index >= 15 is 0 Å². The highest BCUT2D eigenvalue weighted by Gasteiger charge is 2.22. The van der Waals surface area contributed by atoms with Gasteiger partial charge in [-0.2, -0.15) is 5.10 Å². The lowest BCUT2D eigenvalue weighted by Crippen LogP contribution is -2.44. The Labute approximate surface area is 173 Å². The third-order valence-corrected chi connectivity index (χ3v) is 4.56. The fourth-order valence-electron chi connectivity index (χ4n) is 2.77. The van der Waals surface area contributed by atoms with E-state index in [1.54, 1.807) is 4.68 Å². The van der Waals surface area contributed by atoms with Gasteiger partial charge in [0.15, 0.2) is 0 Å². The molecule has 0 radical (unpaired) electrons. The van der Waals surface area contributed by atoms with Crippen LogP contribution in [-0.2, 0) is 10.2 Å². The summed E-state index contributed by atoms with van der Waals surface area (Å²) in [5.41, 5.74) is 1.58. The van der Waals surface area contributed by atoms with Crippen LogP contribution < -0.4 is 10.6 Å². The van der Waals surface area contributed by atoms with E-state index in [0.29, 0.717) is 18.9 Å². The number of benzene rings is 1. The number of carbonyl (C=O) groups excluding carboxylic acids is 2. The molecule has 0 aliphatic carbocycles. The van der Waals surface area contributed by atoms with Gasteiger partial charge in [0.1, 0.15) is 12.4 Å². The zero-order chi connectivity index (χ0) is 21.4. The molecule has 0 atom stereocenters. The molecule has 2 N–H and O–H groups in total. The van der Waals surface area contributed by atoms with Crippen molar-refractivity contribution in [2.45, 2.75) is 52.9 Å². The number of nitrogens with one attached hydrogen (secondary N) is 2. The Morgan fingerprint density at radius 2 is 1.83 bits per heavy atom. The molecule has 7 heteroatoms. The van der Waals surface area contributed by atoms with Gasteiger partial charge in [0, 0.05) is 24.6 Å². The molecule has 0 saturated carbocycles. The molecule has 0 unspecified atom stereocenters. The summed E-state index contributed by atoms with van der Waals surface area (Å²) in [5, 5.41) is 10.5. The van der Waals surface area contributed by atoms with Crippen LogP contribution in [0.4, 0.5) is 10.6 Å². The number of carbonyl (C=O) groups is 2. The minimum atomic E-state index is -0.255. The molecule has 0 spiro atoms. The van der Waals surface area contributed by atoms with Crippen molar-refractivity contribution in [3.05, 3.63) is 42.1 Å². The maximum Gasteiger partial charge on any atom is 0.317 e. The highest BCUT2D eigenvalue weighted by atomic mass is 16.2. The molecule has 3 amide bonds. The molecule has 0 bridgehead atoms. The second kappa shape index (κ2) is 10.1. The first kappa shape index (κ1) is 22.5. The number of unbranched alkanes of at least 4 members (excludes halogenated alkanes) is 1. The third-order valence-electron chi connectivity index (χ3n) is 4.56. The van der Waals surface area contributed by atoms with Gasteiger partial charge < -0.3 is 15.5 Å². The summed E-state index contributed by atoms with van der Waals surface area (Å²) in [6.45, 7) is 11.2. The zero-order valence-electron chi connectivity index (χ0n) is 18.2. The molecule has 2 aromatic rings. The Kier molecular flexibility index (Phi) is 7.82. The quantitative estimate of drug-likeness (QED) is 0.660. The molecule has 1 aromatic carbocycles. The molecule has 0 aliphatic heterocycles. The molecule has 0 aliphatic rings. The van der Waals surface area contributed by atoms with Gasteiger partial charge in [-0.1, -0.05) is 52.3 Å². The Balaban J connectivity index is 2.16. The van der Waals surface area contributed by atoms with Gasteiger partial charge in [0.05, 0.1) is 11.4 Å². The first-order valence-corrected chi connectivity index (χ1v) is 10.2. The number of hydrogen-bond acceptors (Lipinski definition) is 3. The topological polar surface area (TPSA) is 79.3 Å². The third kappa shape index (κ3) is 6.34. The van der Waals surface area contributed by atoms with Gasteiger partial charge in [-0.15, -0.1) is 0 Å². The van der Waals surface area contributed by atoms with Crippen molar-refractivity contribution in [3.63, 3.8) is 0 Å². The van der Waals surface area contributed by atoms with E-state index in [9.17, 15) is 9.59 Å². The molecule has 158 valence electrons. The van der Waals surface area contributed by atoms with Crippen LogP contribution in [0.15, 0.2) is 36.4 Å². The van der Waals surface area contributed by atoms with Crippen molar-refractivity contribution in [1.29, 1.82) is 0 Å². The van der Waals surface area contributed by atoms with Crippen molar-refractivity contribution >= 4 is 17.8 Å². The number of para-hydroxylation sites is 1. The molecule has 0 saturated heterocycles. The first-order valence-electron chi connectivity index (χ1n) is 10.2. The molecule has 1 heterocycles. The fourth-order valence-corrected chi connectivity index (χ4v) is 2.77. The smallest absolute Gasteiger partial charge is 0.317 e. The van der Waals surface area contributed by atoms with Gasteiger partial charge in [-0.25, -0.2) is 9.48 Å². The number of likely N-dealkylation sites (N-methyl/N-ethyl adjacent to an activating group) is 1. The van der Waals surface area contributed by atoms with Crippen molar-refractivity contribution in [1.82, 2.24) is 20.0 Å². The Hall–Kier alpha value is -2.83. The lowest BCUT2D eigenvalue weighted by atomic mass is 9.92. The van der Waals surface area contributed by atoms with Gasteiger partial charge in [0.2, 0.25) is 5.91 Å². The van der Waals surface area contributed by atoms with E-state index < -0.39 is 0 Å². The summed E-state index contributed by atoms with van der Waals surface area (Å²) in [6, 6.07) is 11.3. The largest absolute Gasteiger partial charge is 0.338 e. The van der Waals surface area contributed by atoms with Gasteiger partial charge in [-0.3, -0.25) is 4.79 Å². The number of nitrogens with zero attached hydrogens (tertiary/aromatic N) is 3. The van der Waals surface area contributed by atoms with Crippen LogP contribution in [0.5, 0.6) is 0 Å². The van der Waals surface area contributed by atoms with Gasteiger partial charge >= 0.3 is 6.03 Å².